The van der Waals surface area contributed by atoms with E-state index >= 15 is 0 Å². The van der Waals surface area contributed by atoms with Gasteiger partial charge in [-0.15, -0.1) is 10.2 Å². The van der Waals surface area contributed by atoms with E-state index in [2.05, 4.69) is 24.0 Å². The van der Waals surface area contributed by atoms with E-state index in [0.29, 0.717) is 0 Å². The molecule has 0 saturated carbocycles. The van der Waals surface area contributed by atoms with Gasteiger partial charge in [-0.3, -0.25) is 0 Å². The zero-order chi connectivity index (χ0) is 21.0. The van der Waals surface area contributed by atoms with Crippen LogP contribution in [0, 0.1) is 0 Å². The molecule has 158 valence electrons. The molecule has 3 rings (SSSR count). The van der Waals surface area contributed by atoms with Crippen LogP contribution in [0.1, 0.15) is 52.4 Å². The van der Waals surface area contributed by atoms with Crippen molar-refractivity contribution in [2.45, 2.75) is 52.4 Å². The first kappa shape index (κ1) is 21.8. The molecule has 1 aromatic heterocycles. The van der Waals surface area contributed by atoms with Gasteiger partial charge in [-0.1, -0.05) is 39.5 Å². The third-order valence-corrected chi connectivity index (χ3v) is 5.00. The zero-order valence-electron chi connectivity index (χ0n) is 18.1. The highest BCUT2D eigenvalue weighted by Crippen LogP contribution is 2.24. The van der Waals surface area contributed by atoms with Gasteiger partial charge in [-0.05, 0) is 73.5 Å². The minimum Gasteiger partial charge on any atom is -0.494 e. The third-order valence-electron chi connectivity index (χ3n) is 5.00. The van der Waals surface area contributed by atoms with E-state index < -0.39 is 0 Å². The quantitative estimate of drug-likeness (QED) is 0.306. The fourth-order valence-corrected chi connectivity index (χ4v) is 3.17. The molecule has 0 aliphatic heterocycles. The Kier molecular flexibility index (Phi) is 8.70. The number of hydrogen-bond acceptors (Lipinski definition) is 4. The molecular formula is C26H32N2O2. The molecule has 0 fully saturated rings. The average molecular weight is 405 g/mol. The Morgan fingerprint density at radius 3 is 1.27 bits per heavy atom. The van der Waals surface area contributed by atoms with Crippen LogP contribution in [-0.4, -0.2) is 23.4 Å². The molecule has 0 aliphatic rings. The van der Waals surface area contributed by atoms with Crippen molar-refractivity contribution in [1.82, 2.24) is 10.2 Å². The van der Waals surface area contributed by atoms with E-state index in [1.54, 1.807) is 0 Å². The first-order chi connectivity index (χ1) is 14.8. The third kappa shape index (κ3) is 6.58. The second kappa shape index (κ2) is 12.0. The van der Waals surface area contributed by atoms with Crippen LogP contribution in [0.25, 0.3) is 22.5 Å². The lowest BCUT2D eigenvalue weighted by molar-refractivity contribution is 0.306. The molecule has 30 heavy (non-hydrogen) atoms. The van der Waals surface area contributed by atoms with Crippen LogP contribution in [0.2, 0.25) is 0 Å². The van der Waals surface area contributed by atoms with Gasteiger partial charge < -0.3 is 9.47 Å². The van der Waals surface area contributed by atoms with Gasteiger partial charge in [0.25, 0.3) is 0 Å². The number of aromatic nitrogens is 2. The topological polar surface area (TPSA) is 44.2 Å². The van der Waals surface area contributed by atoms with Crippen LogP contribution in [0.4, 0.5) is 0 Å². The Bertz CT molecular complexity index is 785. The van der Waals surface area contributed by atoms with E-state index in [4.69, 9.17) is 9.47 Å². The highest BCUT2D eigenvalue weighted by atomic mass is 16.5. The summed E-state index contributed by atoms with van der Waals surface area (Å²) in [5.41, 5.74) is 3.77. The Morgan fingerprint density at radius 1 is 0.533 bits per heavy atom. The van der Waals surface area contributed by atoms with Gasteiger partial charge in [-0.2, -0.15) is 0 Å². The van der Waals surface area contributed by atoms with Gasteiger partial charge >= 0.3 is 0 Å². The molecule has 4 heteroatoms. The van der Waals surface area contributed by atoms with Crippen molar-refractivity contribution in [3.63, 3.8) is 0 Å². The molecule has 3 aromatic rings. The lowest BCUT2D eigenvalue weighted by Gasteiger charge is -2.08. The highest BCUT2D eigenvalue weighted by Gasteiger charge is 2.05. The van der Waals surface area contributed by atoms with Gasteiger partial charge in [0.05, 0.1) is 24.6 Å². The Balaban J connectivity index is 1.56. The molecule has 0 atom stereocenters. The number of nitrogens with zero attached hydrogens (tertiary/aromatic N) is 2. The fourth-order valence-electron chi connectivity index (χ4n) is 3.17. The molecule has 0 radical (unpaired) electrons. The molecule has 0 spiro atoms. The monoisotopic (exact) mass is 404 g/mol. The van der Waals surface area contributed by atoms with Gasteiger partial charge in [-0.25, -0.2) is 0 Å². The van der Waals surface area contributed by atoms with Crippen molar-refractivity contribution in [3.8, 4) is 34.0 Å². The fraction of sp³-hybridized carbons (Fsp3) is 0.385. The summed E-state index contributed by atoms with van der Waals surface area (Å²) < 4.78 is 11.6. The standard InChI is InChI=1S/C26H32N2O2/c1-3-5-7-19-29-23-13-9-21(10-14-23)25-17-18-26(28-27-25)22-11-15-24(16-12-22)30-20-8-6-4-2/h9-18H,3-8,19-20H2,1-2H3. The van der Waals surface area contributed by atoms with E-state index in [1.807, 2.05) is 60.7 Å². The van der Waals surface area contributed by atoms with Crippen molar-refractivity contribution in [3.05, 3.63) is 60.7 Å². The molecule has 0 amide bonds. The maximum Gasteiger partial charge on any atom is 0.119 e. The summed E-state index contributed by atoms with van der Waals surface area (Å²) in [5, 5.41) is 8.82. The normalized spacial score (nSPS) is 10.7. The first-order valence-corrected chi connectivity index (χ1v) is 11.1. The number of ether oxygens (including phenoxy) is 2. The van der Waals surface area contributed by atoms with Crippen LogP contribution in [0.3, 0.4) is 0 Å². The number of benzene rings is 2. The predicted molar refractivity (Wildman–Crippen MR) is 123 cm³/mol. The van der Waals surface area contributed by atoms with E-state index in [0.717, 1.165) is 60.1 Å². The maximum atomic E-state index is 5.78. The Morgan fingerprint density at radius 2 is 0.933 bits per heavy atom. The van der Waals surface area contributed by atoms with Crippen LogP contribution in [0.5, 0.6) is 11.5 Å². The van der Waals surface area contributed by atoms with E-state index in [1.165, 1.54) is 25.7 Å². The first-order valence-electron chi connectivity index (χ1n) is 11.1. The molecule has 0 N–H and O–H groups in total. The lowest BCUT2D eigenvalue weighted by atomic mass is 10.1. The zero-order valence-corrected chi connectivity index (χ0v) is 18.1. The van der Waals surface area contributed by atoms with Crippen LogP contribution in [-0.2, 0) is 0 Å². The summed E-state index contributed by atoms with van der Waals surface area (Å²) in [6, 6.07) is 20.1. The van der Waals surface area contributed by atoms with Crippen molar-refractivity contribution in [2.75, 3.05) is 13.2 Å². The molecule has 0 bridgehead atoms. The minimum atomic E-state index is 0.768. The molecule has 0 saturated heterocycles. The molecule has 1 heterocycles. The van der Waals surface area contributed by atoms with Crippen LogP contribution in [0.15, 0.2) is 60.7 Å². The summed E-state index contributed by atoms with van der Waals surface area (Å²) in [7, 11) is 0. The van der Waals surface area contributed by atoms with Gasteiger partial charge in [0.2, 0.25) is 0 Å². The Hall–Kier alpha value is -2.88. The second-order valence-electron chi connectivity index (χ2n) is 7.46. The van der Waals surface area contributed by atoms with Gasteiger partial charge in [0.15, 0.2) is 0 Å². The predicted octanol–water partition coefficient (Wildman–Crippen LogP) is 6.95. The minimum absolute atomic E-state index is 0.768. The summed E-state index contributed by atoms with van der Waals surface area (Å²) in [6.07, 6.45) is 7.00. The largest absolute Gasteiger partial charge is 0.494 e. The van der Waals surface area contributed by atoms with Crippen molar-refractivity contribution < 1.29 is 9.47 Å². The van der Waals surface area contributed by atoms with Gasteiger partial charge in [0, 0.05) is 11.1 Å². The van der Waals surface area contributed by atoms with Crippen molar-refractivity contribution >= 4 is 0 Å². The average Bonchev–Trinajstić information content (AvgIpc) is 2.81. The molecular weight excluding hydrogens is 372 g/mol. The molecule has 2 aromatic carbocycles. The van der Waals surface area contributed by atoms with Crippen LogP contribution >= 0.6 is 0 Å². The maximum absolute atomic E-state index is 5.78. The molecule has 0 aliphatic carbocycles. The summed E-state index contributed by atoms with van der Waals surface area (Å²) in [5.74, 6) is 1.80. The number of unbranched alkanes of at least 4 members (excludes halogenated alkanes) is 4. The summed E-state index contributed by atoms with van der Waals surface area (Å²) in [4.78, 5) is 0. The highest BCUT2D eigenvalue weighted by molar-refractivity contribution is 5.64. The van der Waals surface area contributed by atoms with E-state index in [9.17, 15) is 0 Å². The van der Waals surface area contributed by atoms with E-state index in [-0.39, 0.29) is 0 Å². The smallest absolute Gasteiger partial charge is 0.119 e. The molecule has 0 unspecified atom stereocenters. The van der Waals surface area contributed by atoms with Gasteiger partial charge in [0.1, 0.15) is 11.5 Å². The molecule has 4 nitrogen and oxygen atoms in total. The lowest BCUT2D eigenvalue weighted by Crippen LogP contribution is -1.97. The van der Waals surface area contributed by atoms with Crippen LogP contribution < -0.4 is 9.47 Å². The summed E-state index contributed by atoms with van der Waals surface area (Å²) >= 11 is 0. The Labute approximate surface area is 180 Å². The number of rotatable bonds is 12. The number of hydrogen-bond donors (Lipinski definition) is 0. The SMILES string of the molecule is CCCCCOc1ccc(-c2ccc(-c3ccc(OCCCCC)cc3)nn2)cc1. The summed E-state index contributed by atoms with van der Waals surface area (Å²) in [6.45, 7) is 5.93. The second-order valence-corrected chi connectivity index (χ2v) is 7.46. The van der Waals surface area contributed by atoms with Crippen molar-refractivity contribution in [1.29, 1.82) is 0 Å². The van der Waals surface area contributed by atoms with Crippen molar-refractivity contribution in [2.24, 2.45) is 0 Å².